The predicted octanol–water partition coefficient (Wildman–Crippen LogP) is 4.95. The number of aryl methyl sites for hydroxylation is 2. The number of carbonyl (C=O) groups is 1. The number of rotatable bonds is 6. The number of nitrogens with one attached hydrogen (secondary N) is 2. The van der Waals surface area contributed by atoms with Gasteiger partial charge in [0.1, 0.15) is 12.7 Å². The molecule has 0 saturated carbocycles. The molecule has 182 valence electrons. The van der Waals surface area contributed by atoms with Gasteiger partial charge in [0.05, 0.1) is 0 Å². The molecule has 1 atom stereocenters. The van der Waals surface area contributed by atoms with Gasteiger partial charge in [0.25, 0.3) is 5.91 Å². The molecule has 0 aromatic heterocycles. The SMILES string of the molecule is Cc1ccc(C(=O)Nc2ccc(N3CCC(NCC4COc5ccccc5O4)CC3)cc2)c(C)c1. The summed E-state index contributed by atoms with van der Waals surface area (Å²) in [6, 6.07) is 22.4. The summed E-state index contributed by atoms with van der Waals surface area (Å²) in [7, 11) is 0. The second kappa shape index (κ2) is 10.4. The molecule has 1 amide bonds. The van der Waals surface area contributed by atoms with E-state index in [1.165, 1.54) is 5.69 Å². The molecule has 1 saturated heterocycles. The minimum absolute atomic E-state index is 0.0365. The van der Waals surface area contributed by atoms with Crippen LogP contribution in [0.2, 0.25) is 0 Å². The first-order valence-electron chi connectivity index (χ1n) is 12.4. The van der Waals surface area contributed by atoms with E-state index in [2.05, 4.69) is 27.7 Å². The van der Waals surface area contributed by atoms with E-state index >= 15 is 0 Å². The highest BCUT2D eigenvalue weighted by Crippen LogP contribution is 2.31. The Morgan fingerprint density at radius 2 is 1.71 bits per heavy atom. The maximum atomic E-state index is 12.7. The fourth-order valence-electron chi connectivity index (χ4n) is 4.83. The highest BCUT2D eigenvalue weighted by Gasteiger charge is 2.24. The average molecular weight is 472 g/mol. The van der Waals surface area contributed by atoms with E-state index < -0.39 is 0 Å². The molecule has 6 nitrogen and oxygen atoms in total. The van der Waals surface area contributed by atoms with E-state index in [-0.39, 0.29) is 12.0 Å². The van der Waals surface area contributed by atoms with Gasteiger partial charge in [-0.15, -0.1) is 0 Å². The molecule has 1 fully saturated rings. The molecular formula is C29H33N3O3. The lowest BCUT2D eigenvalue weighted by Gasteiger charge is -2.35. The molecule has 0 spiro atoms. The lowest BCUT2D eigenvalue weighted by atomic mass is 10.0. The number of hydrogen-bond donors (Lipinski definition) is 2. The Hall–Kier alpha value is -3.51. The third-order valence-corrected chi connectivity index (χ3v) is 6.81. The summed E-state index contributed by atoms with van der Waals surface area (Å²) in [5.74, 6) is 1.58. The first-order chi connectivity index (χ1) is 17.0. The number of piperidine rings is 1. The molecule has 2 aliphatic rings. The zero-order valence-corrected chi connectivity index (χ0v) is 20.4. The molecule has 0 radical (unpaired) electrons. The topological polar surface area (TPSA) is 62.8 Å². The van der Waals surface area contributed by atoms with Crippen molar-refractivity contribution in [1.29, 1.82) is 0 Å². The number of carbonyl (C=O) groups excluding carboxylic acids is 1. The van der Waals surface area contributed by atoms with Gasteiger partial charge in [0.2, 0.25) is 0 Å². The maximum Gasteiger partial charge on any atom is 0.255 e. The van der Waals surface area contributed by atoms with Crippen molar-refractivity contribution in [2.24, 2.45) is 0 Å². The van der Waals surface area contributed by atoms with Crippen molar-refractivity contribution in [3.63, 3.8) is 0 Å². The fourth-order valence-corrected chi connectivity index (χ4v) is 4.83. The van der Waals surface area contributed by atoms with E-state index in [4.69, 9.17) is 9.47 Å². The number of nitrogens with zero attached hydrogens (tertiary/aromatic N) is 1. The van der Waals surface area contributed by atoms with Gasteiger partial charge in [0.15, 0.2) is 11.5 Å². The number of benzene rings is 3. The molecule has 0 aliphatic carbocycles. The van der Waals surface area contributed by atoms with Gasteiger partial charge in [-0.05, 0) is 74.7 Å². The molecule has 1 unspecified atom stereocenters. The molecule has 2 N–H and O–H groups in total. The van der Waals surface area contributed by atoms with Crippen molar-refractivity contribution in [1.82, 2.24) is 5.32 Å². The number of fused-ring (bicyclic) bond motifs is 1. The summed E-state index contributed by atoms with van der Waals surface area (Å²) in [4.78, 5) is 15.1. The number of amides is 1. The minimum Gasteiger partial charge on any atom is -0.486 e. The van der Waals surface area contributed by atoms with Crippen molar-refractivity contribution in [2.75, 3.05) is 36.5 Å². The number of hydrogen-bond acceptors (Lipinski definition) is 5. The summed E-state index contributed by atoms with van der Waals surface area (Å²) in [6.07, 6.45) is 2.19. The van der Waals surface area contributed by atoms with Gasteiger partial charge in [-0.2, -0.15) is 0 Å². The van der Waals surface area contributed by atoms with Crippen LogP contribution in [0.5, 0.6) is 11.5 Å². The normalized spacial score (nSPS) is 17.8. The molecule has 5 rings (SSSR count). The molecule has 0 bridgehead atoms. The Morgan fingerprint density at radius 3 is 2.46 bits per heavy atom. The van der Waals surface area contributed by atoms with Crippen LogP contribution in [0.1, 0.15) is 34.3 Å². The molecule has 35 heavy (non-hydrogen) atoms. The quantitative estimate of drug-likeness (QED) is 0.532. The largest absolute Gasteiger partial charge is 0.486 e. The minimum atomic E-state index is -0.0713. The van der Waals surface area contributed by atoms with Crippen molar-refractivity contribution in [2.45, 2.75) is 38.8 Å². The number of para-hydroxylation sites is 2. The number of anilines is 2. The first-order valence-corrected chi connectivity index (χ1v) is 12.4. The summed E-state index contributed by atoms with van der Waals surface area (Å²) >= 11 is 0. The van der Waals surface area contributed by atoms with Crippen LogP contribution in [-0.2, 0) is 0 Å². The van der Waals surface area contributed by atoms with Crippen LogP contribution >= 0.6 is 0 Å². The standard InChI is InChI=1S/C29H33N3O3/c1-20-7-12-26(21(2)17-20)29(33)31-23-8-10-24(11-9-23)32-15-13-22(14-16-32)30-18-25-19-34-27-5-3-4-6-28(27)35-25/h3-12,17,22,25,30H,13-16,18-19H2,1-2H3,(H,31,33). The van der Waals surface area contributed by atoms with Crippen molar-refractivity contribution in [3.05, 3.63) is 83.4 Å². The predicted molar refractivity (Wildman–Crippen MR) is 140 cm³/mol. The summed E-state index contributed by atoms with van der Waals surface area (Å²) < 4.78 is 11.9. The second-order valence-electron chi connectivity index (χ2n) is 9.49. The second-order valence-corrected chi connectivity index (χ2v) is 9.49. The van der Waals surface area contributed by atoms with Crippen molar-refractivity contribution < 1.29 is 14.3 Å². The highest BCUT2D eigenvalue weighted by atomic mass is 16.6. The summed E-state index contributed by atoms with van der Waals surface area (Å²) in [5.41, 5.74) is 4.86. The Kier molecular flexibility index (Phi) is 6.91. The molecule has 2 heterocycles. The van der Waals surface area contributed by atoms with Crippen LogP contribution in [0.4, 0.5) is 11.4 Å². The van der Waals surface area contributed by atoms with Crippen molar-refractivity contribution in [3.8, 4) is 11.5 Å². The van der Waals surface area contributed by atoms with Crippen molar-refractivity contribution >= 4 is 17.3 Å². The highest BCUT2D eigenvalue weighted by molar-refractivity contribution is 6.05. The third-order valence-electron chi connectivity index (χ3n) is 6.81. The summed E-state index contributed by atoms with van der Waals surface area (Å²) in [5, 5.41) is 6.69. The summed E-state index contributed by atoms with van der Waals surface area (Å²) in [6.45, 7) is 7.36. The molecular weight excluding hydrogens is 438 g/mol. The van der Waals surface area contributed by atoms with Gasteiger partial charge in [0, 0.05) is 42.6 Å². The fraction of sp³-hybridized carbons (Fsp3) is 0.345. The van der Waals surface area contributed by atoms with Gasteiger partial charge < -0.3 is 25.0 Å². The lowest BCUT2D eigenvalue weighted by Crippen LogP contribution is -2.47. The Labute approximate surface area is 207 Å². The van der Waals surface area contributed by atoms with E-state index in [0.717, 1.165) is 60.8 Å². The zero-order valence-electron chi connectivity index (χ0n) is 20.4. The molecule has 3 aromatic carbocycles. The van der Waals surface area contributed by atoms with Gasteiger partial charge in [-0.1, -0.05) is 29.8 Å². The van der Waals surface area contributed by atoms with Crippen LogP contribution in [0.25, 0.3) is 0 Å². The van der Waals surface area contributed by atoms with Crippen LogP contribution < -0.4 is 25.0 Å². The third kappa shape index (κ3) is 5.60. The Bertz CT molecular complexity index is 1170. The van der Waals surface area contributed by atoms with Crippen LogP contribution in [0.3, 0.4) is 0 Å². The molecule has 3 aromatic rings. The van der Waals surface area contributed by atoms with Crippen LogP contribution in [0, 0.1) is 13.8 Å². The number of ether oxygens (including phenoxy) is 2. The van der Waals surface area contributed by atoms with Crippen LogP contribution in [0.15, 0.2) is 66.7 Å². The average Bonchev–Trinajstić information content (AvgIpc) is 2.88. The zero-order chi connectivity index (χ0) is 24.2. The van der Waals surface area contributed by atoms with E-state index in [1.54, 1.807) is 0 Å². The van der Waals surface area contributed by atoms with Gasteiger partial charge >= 0.3 is 0 Å². The van der Waals surface area contributed by atoms with Gasteiger partial charge in [-0.25, -0.2) is 0 Å². The monoisotopic (exact) mass is 471 g/mol. The molecule has 2 aliphatic heterocycles. The maximum absolute atomic E-state index is 12.7. The van der Waals surface area contributed by atoms with Crippen LogP contribution in [-0.4, -0.2) is 44.3 Å². The molecule has 6 heteroatoms. The van der Waals surface area contributed by atoms with Gasteiger partial charge in [-0.3, -0.25) is 4.79 Å². The van der Waals surface area contributed by atoms with E-state index in [0.29, 0.717) is 18.2 Å². The lowest BCUT2D eigenvalue weighted by molar-refractivity contribution is 0.0873. The first kappa shape index (κ1) is 23.2. The Balaban J connectivity index is 1.08. The van der Waals surface area contributed by atoms with E-state index in [1.807, 2.05) is 68.4 Å². The Morgan fingerprint density at radius 1 is 0.971 bits per heavy atom. The smallest absolute Gasteiger partial charge is 0.255 e. The van der Waals surface area contributed by atoms with E-state index in [9.17, 15) is 4.79 Å².